The number of nitrogens with one attached hydrogen (secondary N) is 1. The average molecular weight is 248 g/mol. The van der Waals surface area contributed by atoms with Crippen molar-refractivity contribution >= 4 is 16.7 Å². The predicted octanol–water partition coefficient (Wildman–Crippen LogP) is 2.46. The van der Waals surface area contributed by atoms with Crippen LogP contribution < -0.4 is 5.32 Å². The molecular weight excluding hydrogens is 232 g/mol. The van der Waals surface area contributed by atoms with Gasteiger partial charge in [-0.1, -0.05) is 13.0 Å². The van der Waals surface area contributed by atoms with E-state index in [0.29, 0.717) is 0 Å². The smallest absolute Gasteiger partial charge is 0.202 e. The van der Waals surface area contributed by atoms with Gasteiger partial charge in [-0.2, -0.15) is 4.37 Å². The van der Waals surface area contributed by atoms with Gasteiger partial charge in [0.15, 0.2) is 0 Å². The van der Waals surface area contributed by atoms with Gasteiger partial charge in [0.25, 0.3) is 0 Å². The molecule has 90 valence electrons. The summed E-state index contributed by atoms with van der Waals surface area (Å²) in [6.07, 6.45) is 3.63. The first-order chi connectivity index (χ1) is 8.29. The van der Waals surface area contributed by atoms with E-state index in [-0.39, 0.29) is 0 Å². The van der Waals surface area contributed by atoms with E-state index in [4.69, 9.17) is 0 Å². The van der Waals surface area contributed by atoms with Crippen molar-refractivity contribution in [1.29, 1.82) is 0 Å². The summed E-state index contributed by atoms with van der Waals surface area (Å²) >= 11 is 1.42. The van der Waals surface area contributed by atoms with E-state index in [1.165, 1.54) is 17.1 Å². The lowest BCUT2D eigenvalue weighted by Gasteiger charge is -2.04. The summed E-state index contributed by atoms with van der Waals surface area (Å²) in [5, 5.41) is 4.18. The lowest BCUT2D eigenvalue weighted by atomic mass is 10.2. The quantitative estimate of drug-likeness (QED) is 0.883. The van der Waals surface area contributed by atoms with Gasteiger partial charge in [0.1, 0.15) is 5.82 Å². The molecule has 0 unspecified atom stereocenters. The maximum absolute atomic E-state index is 4.36. The topological polar surface area (TPSA) is 50.7 Å². The van der Waals surface area contributed by atoms with Gasteiger partial charge in [-0.25, -0.2) is 4.98 Å². The van der Waals surface area contributed by atoms with Crippen LogP contribution in [0.5, 0.6) is 0 Å². The highest BCUT2D eigenvalue weighted by Gasteiger charge is 2.02. The summed E-state index contributed by atoms with van der Waals surface area (Å²) in [6, 6.07) is 4.05. The molecule has 4 nitrogen and oxygen atoms in total. The summed E-state index contributed by atoms with van der Waals surface area (Å²) in [5.41, 5.74) is 2.38. The molecule has 0 atom stereocenters. The molecule has 5 heteroatoms. The predicted molar refractivity (Wildman–Crippen MR) is 70.5 cm³/mol. The number of aromatic nitrogens is 3. The molecule has 0 saturated carbocycles. The first-order valence-electron chi connectivity index (χ1n) is 5.76. The van der Waals surface area contributed by atoms with Gasteiger partial charge in [0, 0.05) is 42.8 Å². The molecular formula is C12H16N4S. The van der Waals surface area contributed by atoms with Crippen molar-refractivity contribution in [1.82, 2.24) is 14.3 Å². The fourth-order valence-electron chi connectivity index (χ4n) is 1.54. The summed E-state index contributed by atoms with van der Waals surface area (Å²) in [7, 11) is 0. The van der Waals surface area contributed by atoms with Crippen molar-refractivity contribution < 1.29 is 0 Å². The second kappa shape index (κ2) is 5.72. The van der Waals surface area contributed by atoms with Crippen LogP contribution in [0.1, 0.15) is 24.0 Å². The van der Waals surface area contributed by atoms with Crippen LogP contribution >= 0.6 is 11.5 Å². The van der Waals surface area contributed by atoms with Crippen molar-refractivity contribution in [2.75, 3.05) is 11.9 Å². The average Bonchev–Trinajstić information content (AvgIpc) is 2.80. The second-order valence-corrected chi connectivity index (χ2v) is 4.56. The summed E-state index contributed by atoms with van der Waals surface area (Å²) in [6.45, 7) is 4.99. The van der Waals surface area contributed by atoms with Crippen LogP contribution in [0.3, 0.4) is 0 Å². The zero-order valence-corrected chi connectivity index (χ0v) is 10.9. The molecule has 2 rings (SSSR count). The first kappa shape index (κ1) is 12.0. The molecule has 0 amide bonds. The van der Waals surface area contributed by atoms with Crippen LogP contribution in [0, 0.1) is 6.92 Å². The van der Waals surface area contributed by atoms with Crippen molar-refractivity contribution in [3.63, 3.8) is 0 Å². The number of nitrogens with zero attached hydrogens (tertiary/aromatic N) is 3. The summed E-state index contributed by atoms with van der Waals surface area (Å²) < 4.78 is 4.23. The van der Waals surface area contributed by atoms with Crippen molar-refractivity contribution in [2.45, 2.75) is 26.7 Å². The monoisotopic (exact) mass is 248 g/mol. The lowest BCUT2D eigenvalue weighted by Crippen LogP contribution is -2.07. The molecule has 17 heavy (non-hydrogen) atoms. The van der Waals surface area contributed by atoms with Gasteiger partial charge in [-0.15, -0.1) is 0 Å². The molecule has 2 aromatic heterocycles. The molecule has 1 N–H and O–H groups in total. The summed E-state index contributed by atoms with van der Waals surface area (Å²) in [4.78, 5) is 8.72. The number of anilines is 1. The molecule has 0 aliphatic carbocycles. The highest BCUT2D eigenvalue weighted by Crippen LogP contribution is 2.11. The Hall–Kier alpha value is -1.49. The van der Waals surface area contributed by atoms with Crippen molar-refractivity contribution in [3.8, 4) is 0 Å². The van der Waals surface area contributed by atoms with E-state index in [1.54, 1.807) is 0 Å². The van der Waals surface area contributed by atoms with E-state index in [2.05, 4.69) is 39.6 Å². The Morgan fingerprint density at radius 1 is 1.41 bits per heavy atom. The Balaban J connectivity index is 1.85. The molecule has 0 aliphatic heterocycles. The van der Waals surface area contributed by atoms with Gasteiger partial charge in [0.05, 0.1) is 0 Å². The molecule has 2 heterocycles. The highest BCUT2D eigenvalue weighted by atomic mass is 32.1. The zero-order chi connectivity index (χ0) is 12.1. The first-order valence-corrected chi connectivity index (χ1v) is 6.54. The zero-order valence-electron chi connectivity index (χ0n) is 10.1. The van der Waals surface area contributed by atoms with Gasteiger partial charge in [-0.05, 0) is 18.6 Å². The van der Waals surface area contributed by atoms with Gasteiger partial charge < -0.3 is 5.32 Å². The second-order valence-electron chi connectivity index (χ2n) is 3.81. The van der Waals surface area contributed by atoms with E-state index in [0.717, 1.165) is 36.0 Å². The van der Waals surface area contributed by atoms with Crippen LogP contribution in [0.2, 0.25) is 0 Å². The Kier molecular flexibility index (Phi) is 4.03. The minimum atomic E-state index is 0.843. The van der Waals surface area contributed by atoms with E-state index >= 15 is 0 Å². The van der Waals surface area contributed by atoms with Gasteiger partial charge >= 0.3 is 0 Å². The molecule has 0 spiro atoms. The number of pyridine rings is 1. The Morgan fingerprint density at radius 3 is 3.00 bits per heavy atom. The molecule has 0 aliphatic rings. The van der Waals surface area contributed by atoms with Gasteiger partial charge in [-0.3, -0.25) is 4.98 Å². The maximum Gasteiger partial charge on any atom is 0.202 e. The number of rotatable bonds is 5. The molecule has 0 radical (unpaired) electrons. The highest BCUT2D eigenvalue weighted by molar-refractivity contribution is 7.09. The van der Waals surface area contributed by atoms with Crippen LogP contribution in [-0.4, -0.2) is 20.9 Å². The van der Waals surface area contributed by atoms with Crippen LogP contribution in [0.25, 0.3) is 0 Å². The summed E-state index contributed by atoms with van der Waals surface area (Å²) in [5.74, 6) is 0.909. The normalized spacial score (nSPS) is 10.5. The van der Waals surface area contributed by atoms with Crippen molar-refractivity contribution in [3.05, 3.63) is 35.4 Å². The van der Waals surface area contributed by atoms with Gasteiger partial charge in [0.2, 0.25) is 5.13 Å². The van der Waals surface area contributed by atoms with E-state index in [1.807, 2.05) is 12.3 Å². The van der Waals surface area contributed by atoms with Crippen molar-refractivity contribution in [2.24, 2.45) is 0 Å². The standard InChI is InChI=1S/C12H16N4S/c1-3-11-15-12(17-16-11)14-8-6-10-9(2)5-4-7-13-10/h4-5,7H,3,6,8H2,1-2H3,(H,14,15,16). The molecule has 0 saturated heterocycles. The number of hydrogen-bond acceptors (Lipinski definition) is 5. The minimum Gasteiger partial charge on any atom is -0.360 e. The minimum absolute atomic E-state index is 0.843. The lowest BCUT2D eigenvalue weighted by molar-refractivity contribution is 0.935. The third kappa shape index (κ3) is 3.23. The van der Waals surface area contributed by atoms with E-state index < -0.39 is 0 Å². The third-order valence-electron chi connectivity index (χ3n) is 2.54. The largest absolute Gasteiger partial charge is 0.360 e. The maximum atomic E-state index is 4.36. The van der Waals surface area contributed by atoms with Crippen LogP contribution in [0.15, 0.2) is 18.3 Å². The SMILES string of the molecule is CCc1nsc(NCCc2ncccc2C)n1. The molecule has 0 fully saturated rings. The Morgan fingerprint density at radius 2 is 2.29 bits per heavy atom. The van der Waals surface area contributed by atoms with Crippen LogP contribution in [0.4, 0.5) is 5.13 Å². The fourth-order valence-corrected chi connectivity index (χ4v) is 2.21. The number of aryl methyl sites for hydroxylation is 2. The Bertz CT molecular complexity index is 481. The fraction of sp³-hybridized carbons (Fsp3) is 0.417. The Labute approximate surface area is 105 Å². The van der Waals surface area contributed by atoms with Crippen LogP contribution in [-0.2, 0) is 12.8 Å². The number of hydrogen-bond donors (Lipinski definition) is 1. The molecule has 0 bridgehead atoms. The molecule has 0 aromatic carbocycles. The third-order valence-corrected chi connectivity index (χ3v) is 3.25. The molecule has 2 aromatic rings. The van der Waals surface area contributed by atoms with E-state index in [9.17, 15) is 0 Å².